The second-order valence-corrected chi connectivity index (χ2v) is 7.97. The average molecular weight is 433 g/mol. The van der Waals surface area contributed by atoms with E-state index in [4.69, 9.17) is 11.6 Å². The Balaban J connectivity index is 2.37. The van der Waals surface area contributed by atoms with Gasteiger partial charge in [0, 0.05) is 23.2 Å². The third-order valence-electron chi connectivity index (χ3n) is 5.38. The molecular weight excluding hydrogens is 403 g/mol. The first-order valence-corrected chi connectivity index (χ1v) is 10.7. The maximum atomic E-state index is 14.3. The summed E-state index contributed by atoms with van der Waals surface area (Å²) in [6.07, 6.45) is 1.04. The standard InChI is InChI=1S/C24H30ClFN2O2/c1-5-17(4)27-24(30)22(6-2)28(15-18-11-8-7-10-16(18)3)23(29)14-19-20(25)12-9-13-21(19)26/h7-13,17,22H,5-6,14-15H2,1-4H3,(H,27,30)/t17-,22-/m0/s1. The van der Waals surface area contributed by atoms with E-state index in [1.807, 2.05) is 52.0 Å². The molecule has 0 heterocycles. The molecule has 0 aliphatic rings. The Hall–Kier alpha value is -2.40. The van der Waals surface area contributed by atoms with Gasteiger partial charge in [-0.2, -0.15) is 0 Å². The summed E-state index contributed by atoms with van der Waals surface area (Å²) >= 11 is 6.14. The second-order valence-electron chi connectivity index (χ2n) is 7.57. The highest BCUT2D eigenvalue weighted by Crippen LogP contribution is 2.22. The summed E-state index contributed by atoms with van der Waals surface area (Å²) in [6, 6.07) is 11.4. The predicted octanol–water partition coefficient (Wildman–Crippen LogP) is 5.05. The van der Waals surface area contributed by atoms with E-state index in [-0.39, 0.29) is 41.4 Å². The maximum absolute atomic E-state index is 14.3. The SMILES string of the molecule is CC[C@H](C)NC(=O)[C@H](CC)N(Cc1ccccc1C)C(=O)Cc1c(F)cccc1Cl. The van der Waals surface area contributed by atoms with Crippen LogP contribution in [0.25, 0.3) is 0 Å². The number of nitrogens with one attached hydrogen (secondary N) is 1. The van der Waals surface area contributed by atoms with Crippen molar-refractivity contribution in [2.75, 3.05) is 0 Å². The van der Waals surface area contributed by atoms with E-state index in [1.54, 1.807) is 11.0 Å². The summed E-state index contributed by atoms with van der Waals surface area (Å²) in [5.41, 5.74) is 2.12. The fourth-order valence-corrected chi connectivity index (χ4v) is 3.52. The minimum atomic E-state index is -0.656. The zero-order valence-corrected chi connectivity index (χ0v) is 18.8. The molecule has 1 N–H and O–H groups in total. The van der Waals surface area contributed by atoms with Gasteiger partial charge in [-0.3, -0.25) is 9.59 Å². The van der Waals surface area contributed by atoms with Crippen molar-refractivity contribution >= 4 is 23.4 Å². The molecule has 6 heteroatoms. The molecule has 2 atom stereocenters. The minimum Gasteiger partial charge on any atom is -0.352 e. The summed E-state index contributed by atoms with van der Waals surface area (Å²) in [7, 11) is 0. The second kappa shape index (κ2) is 11.1. The lowest BCUT2D eigenvalue weighted by molar-refractivity contribution is -0.141. The molecule has 0 fully saturated rings. The van der Waals surface area contributed by atoms with Crippen LogP contribution in [0.1, 0.15) is 50.3 Å². The van der Waals surface area contributed by atoms with Crippen molar-refractivity contribution in [1.82, 2.24) is 10.2 Å². The fourth-order valence-electron chi connectivity index (χ4n) is 3.29. The van der Waals surface area contributed by atoms with Crippen molar-refractivity contribution in [2.24, 2.45) is 0 Å². The highest BCUT2D eigenvalue weighted by atomic mass is 35.5. The summed E-state index contributed by atoms with van der Waals surface area (Å²) in [6.45, 7) is 8.02. The van der Waals surface area contributed by atoms with Crippen molar-refractivity contribution in [2.45, 2.75) is 65.6 Å². The van der Waals surface area contributed by atoms with Gasteiger partial charge in [-0.05, 0) is 49.9 Å². The van der Waals surface area contributed by atoms with Crippen molar-refractivity contribution < 1.29 is 14.0 Å². The number of nitrogens with zero attached hydrogens (tertiary/aromatic N) is 1. The van der Waals surface area contributed by atoms with Crippen LogP contribution < -0.4 is 5.32 Å². The molecular formula is C24H30ClFN2O2. The molecule has 2 aromatic carbocycles. The molecule has 0 aliphatic heterocycles. The molecule has 2 amide bonds. The van der Waals surface area contributed by atoms with Gasteiger partial charge < -0.3 is 10.2 Å². The summed E-state index contributed by atoms with van der Waals surface area (Å²) in [5.74, 6) is -1.06. The van der Waals surface area contributed by atoms with Gasteiger partial charge in [-0.1, -0.05) is 55.8 Å². The van der Waals surface area contributed by atoms with E-state index < -0.39 is 11.9 Å². The molecule has 0 radical (unpaired) electrons. The first-order valence-electron chi connectivity index (χ1n) is 10.4. The highest BCUT2D eigenvalue weighted by molar-refractivity contribution is 6.31. The Bertz CT molecular complexity index is 867. The molecule has 0 saturated heterocycles. The smallest absolute Gasteiger partial charge is 0.243 e. The largest absolute Gasteiger partial charge is 0.352 e. The molecule has 162 valence electrons. The highest BCUT2D eigenvalue weighted by Gasteiger charge is 2.30. The van der Waals surface area contributed by atoms with Gasteiger partial charge >= 0.3 is 0 Å². The lowest BCUT2D eigenvalue weighted by atomic mass is 10.0. The summed E-state index contributed by atoms with van der Waals surface area (Å²) < 4.78 is 14.3. The monoisotopic (exact) mass is 432 g/mol. The Morgan fingerprint density at radius 3 is 2.40 bits per heavy atom. The van der Waals surface area contributed by atoms with Gasteiger partial charge in [0.2, 0.25) is 11.8 Å². The van der Waals surface area contributed by atoms with E-state index in [0.717, 1.165) is 17.5 Å². The van der Waals surface area contributed by atoms with E-state index in [2.05, 4.69) is 5.32 Å². The molecule has 2 aromatic rings. The van der Waals surface area contributed by atoms with Crippen molar-refractivity contribution in [3.05, 3.63) is 70.0 Å². The number of carbonyl (C=O) groups excluding carboxylic acids is 2. The third-order valence-corrected chi connectivity index (χ3v) is 5.73. The van der Waals surface area contributed by atoms with E-state index in [0.29, 0.717) is 6.42 Å². The first-order chi connectivity index (χ1) is 14.3. The van der Waals surface area contributed by atoms with Crippen molar-refractivity contribution in [3.8, 4) is 0 Å². The van der Waals surface area contributed by atoms with Crippen LogP contribution in [0.5, 0.6) is 0 Å². The number of rotatable bonds is 9. The molecule has 0 spiro atoms. The molecule has 4 nitrogen and oxygen atoms in total. The number of halogens is 2. The fraction of sp³-hybridized carbons (Fsp3) is 0.417. The number of carbonyl (C=O) groups is 2. The van der Waals surface area contributed by atoms with Crippen LogP contribution in [0.15, 0.2) is 42.5 Å². The van der Waals surface area contributed by atoms with Crippen molar-refractivity contribution in [1.29, 1.82) is 0 Å². The third kappa shape index (κ3) is 6.05. The number of hydrogen-bond acceptors (Lipinski definition) is 2. The molecule has 30 heavy (non-hydrogen) atoms. The van der Waals surface area contributed by atoms with Gasteiger partial charge in [0.15, 0.2) is 0 Å². The van der Waals surface area contributed by atoms with Crippen molar-refractivity contribution in [3.63, 3.8) is 0 Å². The van der Waals surface area contributed by atoms with Crippen LogP contribution in [0, 0.1) is 12.7 Å². The number of benzene rings is 2. The lowest BCUT2D eigenvalue weighted by Gasteiger charge is -2.32. The molecule has 2 rings (SSSR count). The zero-order valence-electron chi connectivity index (χ0n) is 18.0. The van der Waals surface area contributed by atoms with Crippen LogP contribution in [-0.4, -0.2) is 28.8 Å². The van der Waals surface area contributed by atoms with Gasteiger partial charge in [-0.25, -0.2) is 4.39 Å². The molecule has 0 aliphatic carbocycles. The lowest BCUT2D eigenvalue weighted by Crippen LogP contribution is -2.51. The average Bonchev–Trinajstić information content (AvgIpc) is 2.71. The van der Waals surface area contributed by atoms with Gasteiger partial charge in [0.1, 0.15) is 11.9 Å². The van der Waals surface area contributed by atoms with Gasteiger partial charge in [0.25, 0.3) is 0 Å². The molecule has 0 saturated carbocycles. The number of hydrogen-bond donors (Lipinski definition) is 1. The minimum absolute atomic E-state index is 0.00276. The molecule has 0 bridgehead atoms. The van der Waals surface area contributed by atoms with Crippen LogP contribution in [0.4, 0.5) is 4.39 Å². The van der Waals surface area contributed by atoms with E-state index in [1.165, 1.54) is 12.1 Å². The quantitative estimate of drug-likeness (QED) is 0.602. The maximum Gasteiger partial charge on any atom is 0.243 e. The van der Waals surface area contributed by atoms with Crippen LogP contribution in [-0.2, 0) is 22.6 Å². The van der Waals surface area contributed by atoms with E-state index >= 15 is 0 Å². The Labute approximate surface area is 183 Å². The van der Waals surface area contributed by atoms with Crippen LogP contribution in [0.3, 0.4) is 0 Å². The van der Waals surface area contributed by atoms with Crippen LogP contribution >= 0.6 is 11.6 Å². The first kappa shape index (κ1) is 23.9. The summed E-state index contributed by atoms with van der Waals surface area (Å²) in [5, 5.41) is 3.17. The normalized spacial score (nSPS) is 12.9. The zero-order chi connectivity index (χ0) is 22.3. The van der Waals surface area contributed by atoms with Gasteiger partial charge in [-0.15, -0.1) is 0 Å². The molecule has 0 unspecified atom stereocenters. The Kier molecular flexibility index (Phi) is 8.85. The topological polar surface area (TPSA) is 49.4 Å². The predicted molar refractivity (Wildman–Crippen MR) is 119 cm³/mol. The Morgan fingerprint density at radius 1 is 1.10 bits per heavy atom. The molecule has 0 aromatic heterocycles. The number of amides is 2. The van der Waals surface area contributed by atoms with Crippen LogP contribution in [0.2, 0.25) is 5.02 Å². The van der Waals surface area contributed by atoms with Gasteiger partial charge in [0.05, 0.1) is 6.42 Å². The Morgan fingerprint density at radius 2 is 1.80 bits per heavy atom. The van der Waals surface area contributed by atoms with E-state index in [9.17, 15) is 14.0 Å². The summed E-state index contributed by atoms with van der Waals surface area (Å²) in [4.78, 5) is 27.8. The number of aryl methyl sites for hydroxylation is 1.